The maximum absolute atomic E-state index is 12.3. The van der Waals surface area contributed by atoms with Crippen molar-refractivity contribution in [3.8, 4) is 0 Å². The Morgan fingerprint density at radius 2 is 1.92 bits per heavy atom. The van der Waals surface area contributed by atoms with E-state index in [0.717, 1.165) is 44.7 Å². The predicted molar refractivity (Wildman–Crippen MR) is 103 cm³/mol. The number of ether oxygens (including phenoxy) is 1. The molecule has 6 nitrogen and oxygen atoms in total. The van der Waals surface area contributed by atoms with Crippen LogP contribution in [0.2, 0.25) is 0 Å². The molecular weight excluding hydrogens is 328 g/mol. The Morgan fingerprint density at radius 1 is 1.12 bits per heavy atom. The van der Waals surface area contributed by atoms with Gasteiger partial charge in [-0.25, -0.2) is 0 Å². The molecule has 1 N–H and O–H groups in total. The van der Waals surface area contributed by atoms with Gasteiger partial charge in [0.15, 0.2) is 0 Å². The van der Waals surface area contributed by atoms with Gasteiger partial charge in [-0.2, -0.15) is 4.98 Å². The first kappa shape index (κ1) is 17.1. The Labute approximate surface area is 153 Å². The largest absolute Gasteiger partial charge is 0.378 e. The van der Waals surface area contributed by atoms with Gasteiger partial charge in [-0.15, -0.1) is 0 Å². The highest BCUT2D eigenvalue weighted by Gasteiger charge is 2.25. The van der Waals surface area contributed by atoms with E-state index in [1.54, 1.807) is 6.07 Å². The molecule has 0 amide bonds. The van der Waals surface area contributed by atoms with Crippen LogP contribution in [0.25, 0.3) is 0 Å². The Morgan fingerprint density at radius 3 is 2.73 bits per heavy atom. The summed E-state index contributed by atoms with van der Waals surface area (Å²) in [6.45, 7) is 3.87. The van der Waals surface area contributed by atoms with E-state index in [1.165, 1.54) is 12.0 Å². The number of nitrogens with one attached hydrogen (secondary N) is 1. The Bertz CT molecular complexity index is 771. The van der Waals surface area contributed by atoms with Crippen molar-refractivity contribution in [1.29, 1.82) is 0 Å². The third-order valence-corrected chi connectivity index (χ3v) is 5.26. The first-order chi connectivity index (χ1) is 12.8. The fraction of sp³-hybridized carbons (Fsp3) is 0.500. The molecule has 1 aromatic carbocycles. The van der Waals surface area contributed by atoms with Crippen LogP contribution < -0.4 is 15.4 Å². The first-order valence-corrected chi connectivity index (χ1v) is 9.54. The molecule has 2 aliphatic rings. The SMILES string of the molecule is O=c1cc(N2CCOCC2)nc(N2CCCC[C@@H]2Cc2ccccc2)[nH]1. The number of morpholine rings is 1. The number of H-pyrrole nitrogens is 1. The van der Waals surface area contributed by atoms with Gasteiger partial charge in [0, 0.05) is 31.7 Å². The van der Waals surface area contributed by atoms with Crippen molar-refractivity contribution < 1.29 is 4.74 Å². The van der Waals surface area contributed by atoms with Crippen LogP contribution in [-0.4, -0.2) is 48.9 Å². The van der Waals surface area contributed by atoms with E-state index in [-0.39, 0.29) is 5.56 Å². The Kier molecular flexibility index (Phi) is 5.20. The van der Waals surface area contributed by atoms with E-state index < -0.39 is 0 Å². The van der Waals surface area contributed by atoms with E-state index in [2.05, 4.69) is 39.0 Å². The highest BCUT2D eigenvalue weighted by atomic mass is 16.5. The molecule has 0 spiro atoms. The van der Waals surface area contributed by atoms with Crippen LogP contribution in [0.1, 0.15) is 24.8 Å². The second kappa shape index (κ2) is 7.91. The maximum atomic E-state index is 12.3. The molecule has 0 bridgehead atoms. The summed E-state index contributed by atoms with van der Waals surface area (Å²) in [6, 6.07) is 12.5. The zero-order chi connectivity index (χ0) is 17.8. The minimum atomic E-state index is -0.0828. The monoisotopic (exact) mass is 354 g/mol. The van der Waals surface area contributed by atoms with E-state index in [4.69, 9.17) is 9.72 Å². The third kappa shape index (κ3) is 3.90. The molecule has 1 aromatic heterocycles. The second-order valence-electron chi connectivity index (χ2n) is 7.06. The molecule has 2 aromatic rings. The Hall–Kier alpha value is -2.34. The molecule has 0 unspecified atom stereocenters. The minimum absolute atomic E-state index is 0.0828. The van der Waals surface area contributed by atoms with Crippen molar-refractivity contribution in [3.63, 3.8) is 0 Å². The highest BCUT2D eigenvalue weighted by molar-refractivity contribution is 5.45. The number of hydrogen-bond acceptors (Lipinski definition) is 5. The van der Waals surface area contributed by atoms with Gasteiger partial charge >= 0.3 is 0 Å². The van der Waals surface area contributed by atoms with Crippen molar-refractivity contribution in [2.45, 2.75) is 31.7 Å². The van der Waals surface area contributed by atoms with Gasteiger partial charge in [0.2, 0.25) is 5.95 Å². The predicted octanol–water partition coefficient (Wildman–Crippen LogP) is 2.21. The normalized spacial score (nSPS) is 21.0. The number of benzene rings is 1. The molecule has 3 heterocycles. The van der Waals surface area contributed by atoms with Gasteiger partial charge in [0.25, 0.3) is 5.56 Å². The number of piperidine rings is 1. The number of anilines is 2. The third-order valence-electron chi connectivity index (χ3n) is 5.26. The Balaban J connectivity index is 1.59. The minimum Gasteiger partial charge on any atom is -0.378 e. The molecule has 6 heteroatoms. The van der Waals surface area contributed by atoms with Crippen molar-refractivity contribution in [3.05, 3.63) is 52.3 Å². The average molecular weight is 354 g/mol. The summed E-state index contributed by atoms with van der Waals surface area (Å²) in [5, 5.41) is 0. The van der Waals surface area contributed by atoms with E-state index >= 15 is 0 Å². The van der Waals surface area contributed by atoms with Gasteiger partial charge < -0.3 is 14.5 Å². The zero-order valence-corrected chi connectivity index (χ0v) is 15.1. The highest BCUT2D eigenvalue weighted by Crippen LogP contribution is 2.25. The van der Waals surface area contributed by atoms with Crippen LogP contribution in [0.15, 0.2) is 41.2 Å². The van der Waals surface area contributed by atoms with Crippen molar-refractivity contribution in [1.82, 2.24) is 9.97 Å². The van der Waals surface area contributed by atoms with E-state index in [1.807, 2.05) is 6.07 Å². The second-order valence-corrected chi connectivity index (χ2v) is 7.06. The summed E-state index contributed by atoms with van der Waals surface area (Å²) < 4.78 is 5.42. The van der Waals surface area contributed by atoms with Crippen LogP contribution in [0.4, 0.5) is 11.8 Å². The van der Waals surface area contributed by atoms with Crippen LogP contribution >= 0.6 is 0 Å². The molecule has 2 fully saturated rings. The fourth-order valence-corrected chi connectivity index (χ4v) is 3.90. The van der Waals surface area contributed by atoms with E-state index in [0.29, 0.717) is 25.2 Å². The van der Waals surface area contributed by atoms with Crippen molar-refractivity contribution >= 4 is 11.8 Å². The van der Waals surface area contributed by atoms with Gasteiger partial charge in [-0.3, -0.25) is 9.78 Å². The summed E-state index contributed by atoms with van der Waals surface area (Å²) in [5.41, 5.74) is 1.25. The van der Waals surface area contributed by atoms with Crippen LogP contribution in [0.5, 0.6) is 0 Å². The van der Waals surface area contributed by atoms with Crippen LogP contribution in [0.3, 0.4) is 0 Å². The lowest BCUT2D eigenvalue weighted by molar-refractivity contribution is 0.122. The lowest BCUT2D eigenvalue weighted by Gasteiger charge is -2.37. The summed E-state index contributed by atoms with van der Waals surface area (Å²) >= 11 is 0. The number of nitrogens with zero attached hydrogens (tertiary/aromatic N) is 3. The quantitative estimate of drug-likeness (QED) is 0.912. The topological polar surface area (TPSA) is 61.5 Å². The molecule has 138 valence electrons. The summed E-state index contributed by atoms with van der Waals surface area (Å²) in [4.78, 5) is 24.5. The molecule has 0 aliphatic carbocycles. The van der Waals surface area contributed by atoms with Gasteiger partial charge in [0.1, 0.15) is 5.82 Å². The average Bonchev–Trinajstić information content (AvgIpc) is 2.69. The first-order valence-electron chi connectivity index (χ1n) is 9.54. The number of rotatable bonds is 4. The fourth-order valence-electron chi connectivity index (χ4n) is 3.90. The molecule has 2 aliphatic heterocycles. The summed E-state index contributed by atoms with van der Waals surface area (Å²) in [6.07, 6.45) is 4.46. The molecule has 2 saturated heterocycles. The van der Waals surface area contributed by atoms with E-state index in [9.17, 15) is 4.79 Å². The standard InChI is InChI=1S/C20H26N4O2/c25-19-15-18(23-10-12-26-13-11-23)21-20(22-19)24-9-5-4-8-17(24)14-16-6-2-1-3-7-16/h1-3,6-7,15,17H,4-5,8-14H2,(H,21,22,25)/t17-/m1/s1. The summed E-state index contributed by atoms with van der Waals surface area (Å²) in [5.74, 6) is 1.47. The zero-order valence-electron chi connectivity index (χ0n) is 15.1. The number of aromatic amines is 1. The molecular formula is C20H26N4O2. The van der Waals surface area contributed by atoms with Crippen LogP contribution in [-0.2, 0) is 11.2 Å². The number of aromatic nitrogens is 2. The lowest BCUT2D eigenvalue weighted by Crippen LogP contribution is -2.43. The molecule has 0 saturated carbocycles. The molecule has 0 radical (unpaired) electrons. The van der Waals surface area contributed by atoms with Crippen molar-refractivity contribution in [2.24, 2.45) is 0 Å². The van der Waals surface area contributed by atoms with Gasteiger partial charge in [0.05, 0.1) is 13.2 Å². The van der Waals surface area contributed by atoms with Crippen molar-refractivity contribution in [2.75, 3.05) is 42.6 Å². The smallest absolute Gasteiger partial charge is 0.254 e. The van der Waals surface area contributed by atoms with Gasteiger partial charge in [-0.1, -0.05) is 30.3 Å². The molecule has 1 atom stereocenters. The molecule has 26 heavy (non-hydrogen) atoms. The van der Waals surface area contributed by atoms with Gasteiger partial charge in [-0.05, 0) is 31.2 Å². The van der Waals surface area contributed by atoms with Crippen LogP contribution in [0, 0.1) is 0 Å². The molecule has 4 rings (SSSR count). The lowest BCUT2D eigenvalue weighted by atomic mass is 9.96. The maximum Gasteiger partial charge on any atom is 0.254 e. The number of hydrogen-bond donors (Lipinski definition) is 1. The summed E-state index contributed by atoms with van der Waals surface area (Å²) in [7, 11) is 0.